The Kier molecular flexibility index (Phi) is 5.94. The molecule has 0 radical (unpaired) electrons. The molecule has 2 rings (SSSR count). The molecule has 6 heteroatoms. The van der Waals surface area contributed by atoms with Crippen molar-refractivity contribution < 1.29 is 9.90 Å². The number of rotatable bonds is 6. The smallest absolute Gasteiger partial charge is 0.273 e. The predicted molar refractivity (Wildman–Crippen MR) is 79.9 cm³/mol. The van der Waals surface area contributed by atoms with Crippen LogP contribution in [0.5, 0.6) is 0 Å². The number of carbonyl (C=O) groups excluding carboxylic acids is 1. The van der Waals surface area contributed by atoms with Gasteiger partial charge in [0.05, 0.1) is 11.6 Å². The highest BCUT2D eigenvalue weighted by molar-refractivity contribution is 7.09. The number of nitrogens with two attached hydrogens (primary N) is 1. The average molecular weight is 297 g/mol. The molecule has 0 unspecified atom stereocenters. The molecule has 0 saturated heterocycles. The first kappa shape index (κ1) is 15.4. The topological polar surface area (TPSA) is 79.5 Å². The van der Waals surface area contributed by atoms with E-state index in [1.165, 1.54) is 17.8 Å². The van der Waals surface area contributed by atoms with Gasteiger partial charge in [0.15, 0.2) is 0 Å². The lowest BCUT2D eigenvalue weighted by Gasteiger charge is -2.33. The predicted octanol–water partition coefficient (Wildman–Crippen LogP) is 1.41. The van der Waals surface area contributed by atoms with Crippen LogP contribution in [0.1, 0.15) is 47.6 Å². The Morgan fingerprint density at radius 1 is 1.45 bits per heavy atom. The summed E-state index contributed by atoms with van der Waals surface area (Å²) in [6.45, 7) is 0.944. The Bertz CT molecular complexity index is 430. The Labute approximate surface area is 123 Å². The number of aliphatic hydroxyl groups excluding tert-OH is 1. The molecule has 1 aromatic rings. The van der Waals surface area contributed by atoms with Crippen molar-refractivity contribution in [1.29, 1.82) is 0 Å². The molecule has 5 nitrogen and oxygen atoms in total. The summed E-state index contributed by atoms with van der Waals surface area (Å²) in [5.74, 6) is -0.0505. The van der Waals surface area contributed by atoms with Crippen molar-refractivity contribution in [3.63, 3.8) is 0 Å². The Morgan fingerprint density at radius 2 is 2.20 bits per heavy atom. The van der Waals surface area contributed by atoms with Crippen molar-refractivity contribution >= 4 is 17.2 Å². The van der Waals surface area contributed by atoms with E-state index in [4.69, 9.17) is 5.73 Å². The zero-order valence-corrected chi connectivity index (χ0v) is 12.6. The zero-order valence-electron chi connectivity index (χ0n) is 11.8. The van der Waals surface area contributed by atoms with Crippen LogP contribution in [-0.4, -0.2) is 46.6 Å². The summed E-state index contributed by atoms with van der Waals surface area (Å²) in [6.07, 6.45) is 6.35. The highest BCUT2D eigenvalue weighted by atomic mass is 32.1. The maximum atomic E-state index is 12.6. The van der Waals surface area contributed by atoms with E-state index in [9.17, 15) is 9.90 Å². The second-order valence-corrected chi connectivity index (χ2v) is 6.12. The van der Waals surface area contributed by atoms with Gasteiger partial charge >= 0.3 is 0 Å². The van der Waals surface area contributed by atoms with E-state index in [2.05, 4.69) is 4.98 Å². The number of thiazole rings is 1. The zero-order chi connectivity index (χ0) is 14.4. The molecule has 3 N–H and O–H groups in total. The van der Waals surface area contributed by atoms with Crippen LogP contribution in [0, 0.1) is 0 Å². The number of hydrogen-bond donors (Lipinski definition) is 2. The number of aliphatic hydroxyl groups is 1. The third kappa shape index (κ3) is 3.77. The van der Waals surface area contributed by atoms with Gasteiger partial charge in [-0.15, -0.1) is 11.3 Å². The number of hydrogen-bond acceptors (Lipinski definition) is 5. The van der Waals surface area contributed by atoms with Gasteiger partial charge in [-0.2, -0.15) is 0 Å². The summed E-state index contributed by atoms with van der Waals surface area (Å²) < 4.78 is 0. The highest BCUT2D eigenvalue weighted by Gasteiger charge is 2.27. The first-order valence-electron chi connectivity index (χ1n) is 7.32. The van der Waals surface area contributed by atoms with Gasteiger partial charge in [0.25, 0.3) is 5.91 Å². The fraction of sp³-hybridized carbons (Fsp3) is 0.714. The maximum absolute atomic E-state index is 12.6. The first-order chi connectivity index (χ1) is 9.76. The van der Waals surface area contributed by atoms with Crippen molar-refractivity contribution in [3.05, 3.63) is 16.1 Å². The summed E-state index contributed by atoms with van der Waals surface area (Å²) in [6, 6.07) is 0.253. The largest absolute Gasteiger partial charge is 0.395 e. The lowest BCUT2D eigenvalue weighted by molar-refractivity contribution is 0.0580. The van der Waals surface area contributed by atoms with Crippen LogP contribution in [-0.2, 0) is 6.42 Å². The molecule has 1 fully saturated rings. The maximum Gasteiger partial charge on any atom is 0.273 e. The third-order valence-electron chi connectivity index (χ3n) is 3.75. The molecular weight excluding hydrogens is 274 g/mol. The molecule has 0 spiro atoms. The van der Waals surface area contributed by atoms with E-state index in [0.29, 0.717) is 25.2 Å². The van der Waals surface area contributed by atoms with Gasteiger partial charge in [-0.1, -0.05) is 19.3 Å². The Balaban J connectivity index is 2.08. The molecule has 0 bridgehead atoms. The van der Waals surface area contributed by atoms with E-state index < -0.39 is 0 Å². The summed E-state index contributed by atoms with van der Waals surface area (Å²) >= 11 is 1.48. The molecule has 112 valence electrons. The molecule has 1 aliphatic rings. The fourth-order valence-corrected chi connectivity index (χ4v) is 3.53. The van der Waals surface area contributed by atoms with Crippen LogP contribution in [0.3, 0.4) is 0 Å². The Morgan fingerprint density at radius 3 is 2.85 bits per heavy atom. The van der Waals surface area contributed by atoms with Crippen molar-refractivity contribution in [1.82, 2.24) is 9.88 Å². The SMILES string of the molecule is NCCc1nc(C(=O)N(CCO)C2CCCCC2)cs1. The highest BCUT2D eigenvalue weighted by Crippen LogP contribution is 2.24. The van der Waals surface area contributed by atoms with Crippen LogP contribution in [0.25, 0.3) is 0 Å². The minimum atomic E-state index is -0.0505. The van der Waals surface area contributed by atoms with Crippen LogP contribution in [0.2, 0.25) is 0 Å². The first-order valence-corrected chi connectivity index (χ1v) is 8.20. The summed E-state index contributed by atoms with van der Waals surface area (Å²) in [5.41, 5.74) is 6.01. The third-order valence-corrected chi connectivity index (χ3v) is 4.65. The molecule has 1 heterocycles. The summed E-state index contributed by atoms with van der Waals surface area (Å²) in [7, 11) is 0. The van der Waals surface area contributed by atoms with Gasteiger partial charge in [0, 0.05) is 24.4 Å². The molecule has 0 aliphatic heterocycles. The lowest BCUT2D eigenvalue weighted by Crippen LogP contribution is -2.43. The lowest BCUT2D eigenvalue weighted by atomic mass is 9.94. The van der Waals surface area contributed by atoms with E-state index in [1.807, 2.05) is 0 Å². The second-order valence-electron chi connectivity index (χ2n) is 5.18. The van der Waals surface area contributed by atoms with Crippen molar-refractivity contribution in [3.8, 4) is 0 Å². The minimum absolute atomic E-state index is 0.00202. The van der Waals surface area contributed by atoms with Crippen LogP contribution in [0.4, 0.5) is 0 Å². The molecule has 0 aromatic carbocycles. The van der Waals surface area contributed by atoms with Crippen molar-refractivity contribution in [2.24, 2.45) is 5.73 Å². The molecule has 1 aliphatic carbocycles. The molecule has 1 saturated carbocycles. The number of carbonyl (C=O) groups is 1. The number of nitrogens with zero attached hydrogens (tertiary/aromatic N) is 2. The van der Waals surface area contributed by atoms with Gasteiger partial charge in [-0.05, 0) is 19.4 Å². The molecule has 0 atom stereocenters. The molecule has 1 amide bonds. The van der Waals surface area contributed by atoms with Gasteiger partial charge in [0.2, 0.25) is 0 Å². The van der Waals surface area contributed by atoms with E-state index in [0.717, 1.165) is 30.7 Å². The van der Waals surface area contributed by atoms with Crippen molar-refractivity contribution in [2.45, 2.75) is 44.6 Å². The second kappa shape index (κ2) is 7.71. The standard InChI is InChI=1S/C14H23N3O2S/c15-7-6-13-16-12(10-20-13)14(19)17(8-9-18)11-4-2-1-3-5-11/h10-11,18H,1-9,15H2. The van der Waals surface area contributed by atoms with Crippen LogP contribution >= 0.6 is 11.3 Å². The van der Waals surface area contributed by atoms with Crippen LogP contribution in [0.15, 0.2) is 5.38 Å². The summed E-state index contributed by atoms with van der Waals surface area (Å²) in [4.78, 5) is 18.7. The van der Waals surface area contributed by atoms with Crippen molar-refractivity contribution in [2.75, 3.05) is 19.7 Å². The minimum Gasteiger partial charge on any atom is -0.395 e. The number of aromatic nitrogens is 1. The van der Waals surface area contributed by atoms with Gasteiger partial charge in [-0.3, -0.25) is 4.79 Å². The van der Waals surface area contributed by atoms with Crippen LogP contribution < -0.4 is 5.73 Å². The molecular formula is C14H23N3O2S. The average Bonchev–Trinajstić information content (AvgIpc) is 2.94. The fourth-order valence-electron chi connectivity index (χ4n) is 2.74. The molecule has 20 heavy (non-hydrogen) atoms. The number of amides is 1. The van der Waals surface area contributed by atoms with E-state index in [1.54, 1.807) is 10.3 Å². The van der Waals surface area contributed by atoms with E-state index in [-0.39, 0.29) is 18.6 Å². The van der Waals surface area contributed by atoms with Gasteiger partial charge < -0.3 is 15.7 Å². The monoisotopic (exact) mass is 297 g/mol. The normalized spacial score (nSPS) is 16.3. The Hall–Kier alpha value is -0.980. The van der Waals surface area contributed by atoms with E-state index >= 15 is 0 Å². The summed E-state index contributed by atoms with van der Waals surface area (Å²) in [5, 5.41) is 11.9. The quantitative estimate of drug-likeness (QED) is 0.832. The van der Waals surface area contributed by atoms with Gasteiger partial charge in [0.1, 0.15) is 5.69 Å². The molecule has 1 aromatic heterocycles. The van der Waals surface area contributed by atoms with Gasteiger partial charge in [-0.25, -0.2) is 4.98 Å².